The van der Waals surface area contributed by atoms with Gasteiger partial charge in [-0.25, -0.2) is 9.97 Å². The van der Waals surface area contributed by atoms with E-state index in [1.54, 1.807) is 17.5 Å². The summed E-state index contributed by atoms with van der Waals surface area (Å²) in [7, 11) is 0. The maximum atomic E-state index is 12.6. The van der Waals surface area contributed by atoms with E-state index in [0.29, 0.717) is 17.5 Å². The molecule has 0 aliphatic heterocycles. The van der Waals surface area contributed by atoms with E-state index in [2.05, 4.69) is 15.3 Å². The van der Waals surface area contributed by atoms with E-state index in [9.17, 15) is 4.79 Å². The third kappa shape index (κ3) is 3.57. The molecule has 4 nitrogen and oxygen atoms in total. The third-order valence-electron chi connectivity index (χ3n) is 6.00. The summed E-state index contributed by atoms with van der Waals surface area (Å²) in [5.74, 6) is 2.59. The number of fused-ring (bicyclic) bond motifs is 1. The molecule has 0 spiro atoms. The van der Waals surface area contributed by atoms with Crippen LogP contribution in [-0.4, -0.2) is 21.9 Å². The molecule has 25 heavy (non-hydrogen) atoms. The number of aromatic nitrogens is 2. The Morgan fingerprint density at radius 1 is 1.08 bits per heavy atom. The lowest BCUT2D eigenvalue weighted by Gasteiger charge is -2.29. The van der Waals surface area contributed by atoms with E-state index in [4.69, 9.17) is 0 Å². The van der Waals surface area contributed by atoms with Gasteiger partial charge in [0, 0.05) is 18.2 Å². The molecule has 5 heteroatoms. The van der Waals surface area contributed by atoms with Crippen molar-refractivity contribution in [1.29, 1.82) is 0 Å². The van der Waals surface area contributed by atoms with Crippen LogP contribution in [0.4, 0.5) is 0 Å². The molecule has 3 aliphatic rings. The molecule has 2 aromatic heterocycles. The number of nitrogens with one attached hydrogen (secondary N) is 1. The minimum absolute atomic E-state index is 0.0291. The maximum Gasteiger partial charge on any atom is 0.253 e. The van der Waals surface area contributed by atoms with Crippen LogP contribution in [0.15, 0.2) is 12.3 Å². The van der Waals surface area contributed by atoms with Crippen LogP contribution in [0.1, 0.15) is 79.1 Å². The second-order valence-electron chi connectivity index (χ2n) is 8.24. The standard InChI is InChI=1S/C20H25N3OS/c24-19(22-16-7-3-13(4-8-16)9-12-1-2-12)15-10-17-18(21-11-15)23-20(25-17)14-5-6-14/h10-14,16H,1-9H2,(H,22,24)/t13-,16-. The highest BCUT2D eigenvalue weighted by atomic mass is 32.1. The van der Waals surface area contributed by atoms with Crippen molar-refractivity contribution in [2.75, 3.05) is 0 Å². The van der Waals surface area contributed by atoms with Crippen LogP contribution in [0.5, 0.6) is 0 Å². The number of rotatable bonds is 5. The lowest BCUT2D eigenvalue weighted by atomic mass is 9.83. The highest BCUT2D eigenvalue weighted by Crippen LogP contribution is 2.43. The molecular weight excluding hydrogens is 330 g/mol. The van der Waals surface area contributed by atoms with E-state index in [0.717, 1.165) is 35.0 Å². The quantitative estimate of drug-likeness (QED) is 0.849. The Kier molecular flexibility index (Phi) is 4.00. The predicted molar refractivity (Wildman–Crippen MR) is 99.9 cm³/mol. The van der Waals surface area contributed by atoms with Gasteiger partial charge in [-0.05, 0) is 62.8 Å². The molecule has 0 atom stereocenters. The number of amides is 1. The van der Waals surface area contributed by atoms with E-state index in [1.807, 2.05) is 6.07 Å². The Labute approximate surface area is 152 Å². The lowest BCUT2D eigenvalue weighted by molar-refractivity contribution is 0.0920. The van der Waals surface area contributed by atoms with Crippen molar-refractivity contribution in [1.82, 2.24) is 15.3 Å². The van der Waals surface area contributed by atoms with Crippen molar-refractivity contribution in [3.05, 3.63) is 22.8 Å². The molecule has 2 heterocycles. The summed E-state index contributed by atoms with van der Waals surface area (Å²) < 4.78 is 1.04. The van der Waals surface area contributed by atoms with Gasteiger partial charge in [-0.1, -0.05) is 12.8 Å². The topological polar surface area (TPSA) is 54.9 Å². The number of carbonyl (C=O) groups excluding carboxylic acids is 1. The molecule has 0 bridgehead atoms. The van der Waals surface area contributed by atoms with Crippen molar-refractivity contribution >= 4 is 27.6 Å². The summed E-state index contributed by atoms with van der Waals surface area (Å²) in [6.45, 7) is 0. The molecule has 1 N–H and O–H groups in total. The molecule has 0 unspecified atom stereocenters. The third-order valence-corrected chi connectivity index (χ3v) is 7.15. The van der Waals surface area contributed by atoms with Gasteiger partial charge in [0.1, 0.15) is 0 Å². The zero-order valence-corrected chi connectivity index (χ0v) is 15.4. The molecule has 0 aromatic carbocycles. The van der Waals surface area contributed by atoms with Gasteiger partial charge in [-0.3, -0.25) is 4.79 Å². The van der Waals surface area contributed by atoms with Crippen molar-refractivity contribution in [2.24, 2.45) is 11.8 Å². The highest BCUT2D eigenvalue weighted by Gasteiger charge is 2.30. The Morgan fingerprint density at radius 3 is 2.48 bits per heavy atom. The zero-order chi connectivity index (χ0) is 16.8. The Bertz CT molecular complexity index is 785. The Morgan fingerprint density at radius 2 is 1.80 bits per heavy atom. The van der Waals surface area contributed by atoms with E-state index < -0.39 is 0 Å². The molecule has 3 saturated carbocycles. The van der Waals surface area contributed by atoms with Crippen LogP contribution >= 0.6 is 11.3 Å². The first kappa shape index (κ1) is 15.7. The molecule has 2 aromatic rings. The van der Waals surface area contributed by atoms with Gasteiger partial charge in [-0.2, -0.15) is 0 Å². The highest BCUT2D eigenvalue weighted by molar-refractivity contribution is 7.18. The van der Waals surface area contributed by atoms with E-state index >= 15 is 0 Å². The maximum absolute atomic E-state index is 12.6. The minimum atomic E-state index is 0.0291. The van der Waals surface area contributed by atoms with Crippen LogP contribution in [0.2, 0.25) is 0 Å². The average molecular weight is 356 g/mol. The normalized spacial score (nSPS) is 26.7. The largest absolute Gasteiger partial charge is 0.349 e. The van der Waals surface area contributed by atoms with Crippen LogP contribution in [-0.2, 0) is 0 Å². The summed E-state index contributed by atoms with van der Waals surface area (Å²) in [4.78, 5) is 21.6. The van der Waals surface area contributed by atoms with Gasteiger partial charge >= 0.3 is 0 Å². The van der Waals surface area contributed by atoms with Crippen molar-refractivity contribution < 1.29 is 4.79 Å². The summed E-state index contributed by atoms with van der Waals surface area (Å²) in [6, 6.07) is 2.31. The number of hydrogen-bond acceptors (Lipinski definition) is 4. The number of carbonyl (C=O) groups is 1. The average Bonchev–Trinajstić information content (AvgIpc) is 3.55. The Hall–Kier alpha value is -1.49. The van der Waals surface area contributed by atoms with Gasteiger partial charge in [0.2, 0.25) is 0 Å². The number of pyridine rings is 1. The van der Waals surface area contributed by atoms with Crippen LogP contribution in [0.25, 0.3) is 10.3 Å². The monoisotopic (exact) mass is 355 g/mol. The smallest absolute Gasteiger partial charge is 0.253 e. The molecule has 3 fully saturated rings. The van der Waals surface area contributed by atoms with Gasteiger partial charge < -0.3 is 5.32 Å². The zero-order valence-electron chi connectivity index (χ0n) is 14.5. The van der Waals surface area contributed by atoms with Gasteiger partial charge in [0.25, 0.3) is 5.91 Å². The second-order valence-corrected chi connectivity index (χ2v) is 9.30. The SMILES string of the molecule is O=C(N[C@H]1CC[C@H](CC2CC2)CC1)c1cnc2nc(C3CC3)sc2c1. The summed E-state index contributed by atoms with van der Waals surface area (Å²) in [6.07, 6.45) is 13.3. The summed E-state index contributed by atoms with van der Waals surface area (Å²) in [5, 5.41) is 4.43. The first-order valence-electron chi connectivity index (χ1n) is 9.82. The minimum Gasteiger partial charge on any atom is -0.349 e. The van der Waals surface area contributed by atoms with E-state index in [1.165, 1.54) is 50.0 Å². The molecule has 3 aliphatic carbocycles. The molecule has 0 radical (unpaired) electrons. The van der Waals surface area contributed by atoms with Gasteiger partial charge in [0.15, 0.2) is 5.65 Å². The van der Waals surface area contributed by atoms with Crippen LogP contribution < -0.4 is 5.32 Å². The number of thiazole rings is 1. The molecular formula is C20H25N3OS. The first-order valence-corrected chi connectivity index (χ1v) is 10.6. The number of nitrogens with zero attached hydrogens (tertiary/aromatic N) is 2. The van der Waals surface area contributed by atoms with Crippen LogP contribution in [0.3, 0.4) is 0 Å². The fraction of sp³-hybridized carbons (Fsp3) is 0.650. The van der Waals surface area contributed by atoms with Crippen molar-refractivity contribution in [3.63, 3.8) is 0 Å². The molecule has 1 amide bonds. The Balaban J connectivity index is 1.21. The van der Waals surface area contributed by atoms with Gasteiger partial charge in [-0.15, -0.1) is 11.3 Å². The summed E-state index contributed by atoms with van der Waals surface area (Å²) >= 11 is 1.70. The first-order chi connectivity index (χ1) is 12.2. The van der Waals surface area contributed by atoms with Crippen molar-refractivity contribution in [3.8, 4) is 0 Å². The van der Waals surface area contributed by atoms with Gasteiger partial charge in [0.05, 0.1) is 15.3 Å². The fourth-order valence-corrected chi connectivity index (χ4v) is 5.24. The lowest BCUT2D eigenvalue weighted by Crippen LogP contribution is -2.37. The van der Waals surface area contributed by atoms with Crippen molar-refractivity contribution in [2.45, 2.75) is 69.7 Å². The molecule has 132 valence electrons. The van der Waals surface area contributed by atoms with Crippen LogP contribution in [0, 0.1) is 11.8 Å². The molecule has 0 saturated heterocycles. The summed E-state index contributed by atoms with van der Waals surface area (Å²) in [5.41, 5.74) is 1.47. The second kappa shape index (κ2) is 6.35. The molecule has 5 rings (SSSR count). The number of hydrogen-bond donors (Lipinski definition) is 1. The predicted octanol–water partition coefficient (Wildman–Crippen LogP) is 4.66. The van der Waals surface area contributed by atoms with E-state index in [-0.39, 0.29) is 5.91 Å². The fourth-order valence-electron chi connectivity index (χ4n) is 4.10.